The van der Waals surface area contributed by atoms with E-state index < -0.39 is 6.04 Å². The Labute approximate surface area is 163 Å². The van der Waals surface area contributed by atoms with E-state index >= 15 is 0 Å². The summed E-state index contributed by atoms with van der Waals surface area (Å²) < 4.78 is 13.5. The molecule has 0 saturated carbocycles. The minimum Gasteiger partial charge on any atom is -0.295 e. The van der Waals surface area contributed by atoms with Crippen LogP contribution in [0.15, 0.2) is 48.5 Å². The molecule has 0 aliphatic carbocycles. The number of hydrogen-bond donors (Lipinski definition) is 1. The molecule has 0 saturated heterocycles. The first-order chi connectivity index (χ1) is 13.3. The number of rotatable bonds is 2. The first-order valence-corrected chi connectivity index (χ1v) is 9.05. The van der Waals surface area contributed by atoms with Crippen LogP contribution in [0.2, 0.25) is 0 Å². The summed E-state index contributed by atoms with van der Waals surface area (Å²) in [5.41, 5.74) is 4.17. The highest BCUT2D eigenvalue weighted by molar-refractivity contribution is 6.10. The number of carbonyl (C=O) groups is 1. The average molecular weight is 373 g/mol. The molecule has 1 unspecified atom stereocenters. The average Bonchev–Trinajstić information content (AvgIpc) is 3.22. The van der Waals surface area contributed by atoms with Gasteiger partial charge in [0.05, 0.1) is 11.7 Å². The molecular weight excluding hydrogens is 353 g/mol. The Morgan fingerprint density at radius 1 is 1.11 bits per heavy atom. The second kappa shape index (κ2) is 6.35. The third kappa shape index (κ3) is 2.78. The van der Waals surface area contributed by atoms with E-state index in [1.807, 2.05) is 12.1 Å². The summed E-state index contributed by atoms with van der Waals surface area (Å²) in [6.45, 7) is 6.17. The predicted molar refractivity (Wildman–Crippen MR) is 107 cm³/mol. The van der Waals surface area contributed by atoms with E-state index in [2.05, 4.69) is 36.9 Å². The molecule has 1 aromatic heterocycles. The molecule has 1 aliphatic rings. The van der Waals surface area contributed by atoms with E-state index in [0.717, 1.165) is 28.1 Å². The number of halogens is 1. The van der Waals surface area contributed by atoms with Crippen molar-refractivity contribution < 1.29 is 9.18 Å². The number of benzene rings is 2. The maximum absolute atomic E-state index is 13.5. The van der Waals surface area contributed by atoms with Gasteiger partial charge < -0.3 is 0 Å². The third-order valence-electron chi connectivity index (χ3n) is 4.98. The minimum absolute atomic E-state index is 0.166. The Hall–Kier alpha value is -3.39. The van der Waals surface area contributed by atoms with E-state index in [4.69, 9.17) is 6.42 Å². The number of H-pyrrole nitrogens is 1. The maximum Gasteiger partial charge on any atom is 0.277 e. The van der Waals surface area contributed by atoms with Gasteiger partial charge in [-0.1, -0.05) is 38.8 Å². The number of nitrogens with zero attached hydrogens (tertiary/aromatic N) is 2. The van der Waals surface area contributed by atoms with Crippen molar-refractivity contribution in [1.29, 1.82) is 0 Å². The Kier molecular flexibility index (Phi) is 4.08. The molecule has 1 amide bonds. The zero-order valence-electron chi connectivity index (χ0n) is 16.0. The Morgan fingerprint density at radius 2 is 1.75 bits per heavy atom. The first kappa shape index (κ1) is 18.0. The van der Waals surface area contributed by atoms with E-state index in [0.29, 0.717) is 5.69 Å². The van der Waals surface area contributed by atoms with Gasteiger partial charge in [-0.15, -0.1) is 6.42 Å². The molecule has 4 nitrogen and oxygen atoms in total. The van der Waals surface area contributed by atoms with Crippen LogP contribution in [0.4, 0.5) is 10.1 Å². The minimum atomic E-state index is -0.396. The van der Waals surface area contributed by atoms with E-state index in [-0.39, 0.29) is 17.1 Å². The van der Waals surface area contributed by atoms with Gasteiger partial charge in [-0.3, -0.25) is 14.8 Å². The molecule has 5 heteroatoms. The van der Waals surface area contributed by atoms with E-state index in [1.165, 1.54) is 12.1 Å². The number of fused-ring (bicyclic) bond motifs is 1. The number of terminal acetylenes is 1. The molecule has 3 aromatic rings. The summed E-state index contributed by atoms with van der Waals surface area (Å²) >= 11 is 0. The number of aromatic amines is 1. The van der Waals surface area contributed by atoms with Gasteiger partial charge in [0.2, 0.25) is 0 Å². The maximum atomic E-state index is 13.5. The van der Waals surface area contributed by atoms with Crippen molar-refractivity contribution in [3.8, 4) is 12.3 Å². The van der Waals surface area contributed by atoms with Gasteiger partial charge >= 0.3 is 0 Å². The fraction of sp³-hybridized carbons (Fsp3) is 0.217. The Morgan fingerprint density at radius 3 is 2.32 bits per heavy atom. The second-order valence-corrected chi connectivity index (χ2v) is 7.93. The third-order valence-corrected chi connectivity index (χ3v) is 4.98. The molecule has 0 radical (unpaired) electrons. The normalized spacial score (nSPS) is 16.2. The molecule has 0 fully saturated rings. The second-order valence-electron chi connectivity index (χ2n) is 7.93. The highest BCUT2D eigenvalue weighted by Crippen LogP contribution is 2.44. The van der Waals surface area contributed by atoms with Crippen molar-refractivity contribution >= 4 is 11.6 Å². The lowest BCUT2D eigenvalue weighted by Gasteiger charge is -2.28. The fourth-order valence-electron chi connectivity index (χ4n) is 3.66. The number of anilines is 1. The van der Waals surface area contributed by atoms with Gasteiger partial charge in [-0.2, -0.15) is 5.10 Å². The van der Waals surface area contributed by atoms with Crippen LogP contribution in [0.5, 0.6) is 0 Å². The lowest BCUT2D eigenvalue weighted by molar-refractivity contribution is 0.0988. The molecule has 2 heterocycles. The van der Waals surface area contributed by atoms with Crippen molar-refractivity contribution in [3.63, 3.8) is 0 Å². The van der Waals surface area contributed by atoms with Gasteiger partial charge in [0.15, 0.2) is 0 Å². The lowest BCUT2D eigenvalue weighted by atomic mass is 9.85. The molecular formula is C23H20FN3O. The summed E-state index contributed by atoms with van der Waals surface area (Å²) in [4.78, 5) is 15.0. The fourth-order valence-corrected chi connectivity index (χ4v) is 3.66. The van der Waals surface area contributed by atoms with Crippen molar-refractivity contribution in [2.75, 3.05) is 4.90 Å². The van der Waals surface area contributed by atoms with Crippen molar-refractivity contribution in [1.82, 2.24) is 10.2 Å². The summed E-state index contributed by atoms with van der Waals surface area (Å²) in [7, 11) is 0. The van der Waals surface area contributed by atoms with Crippen molar-refractivity contribution in [3.05, 3.63) is 82.4 Å². The zero-order chi connectivity index (χ0) is 20.1. The smallest absolute Gasteiger partial charge is 0.277 e. The summed E-state index contributed by atoms with van der Waals surface area (Å²) in [5.74, 6) is 2.10. The van der Waals surface area contributed by atoms with E-state index in [9.17, 15) is 9.18 Å². The van der Waals surface area contributed by atoms with Gasteiger partial charge in [0, 0.05) is 22.2 Å². The van der Waals surface area contributed by atoms with Crippen molar-refractivity contribution in [2.45, 2.75) is 32.2 Å². The van der Waals surface area contributed by atoms with Gasteiger partial charge in [-0.05, 0) is 42.0 Å². The lowest BCUT2D eigenvalue weighted by Crippen LogP contribution is -2.30. The molecule has 140 valence electrons. The number of carbonyl (C=O) groups excluding carboxylic acids is 1. The quantitative estimate of drug-likeness (QED) is 0.669. The molecule has 2 aromatic carbocycles. The van der Waals surface area contributed by atoms with E-state index in [1.54, 1.807) is 29.2 Å². The molecule has 0 spiro atoms. The van der Waals surface area contributed by atoms with Gasteiger partial charge in [0.1, 0.15) is 11.5 Å². The Balaban J connectivity index is 1.92. The van der Waals surface area contributed by atoms with Crippen LogP contribution < -0.4 is 4.90 Å². The van der Waals surface area contributed by atoms with Crippen LogP contribution in [0.1, 0.15) is 59.7 Å². The van der Waals surface area contributed by atoms with Crippen LogP contribution in [-0.4, -0.2) is 16.1 Å². The van der Waals surface area contributed by atoms with Crippen LogP contribution in [0.3, 0.4) is 0 Å². The monoisotopic (exact) mass is 373 g/mol. The molecule has 1 atom stereocenters. The molecule has 1 aliphatic heterocycles. The number of amides is 1. The van der Waals surface area contributed by atoms with Crippen LogP contribution in [0, 0.1) is 18.2 Å². The molecule has 28 heavy (non-hydrogen) atoms. The molecule has 1 N–H and O–H groups in total. The van der Waals surface area contributed by atoms with Crippen LogP contribution in [0.25, 0.3) is 0 Å². The van der Waals surface area contributed by atoms with Crippen LogP contribution in [-0.2, 0) is 5.41 Å². The molecule has 0 bridgehead atoms. The van der Waals surface area contributed by atoms with Crippen molar-refractivity contribution in [2.24, 2.45) is 0 Å². The first-order valence-electron chi connectivity index (χ1n) is 9.05. The number of nitrogens with one attached hydrogen (secondary N) is 1. The number of aromatic nitrogens is 2. The highest BCUT2D eigenvalue weighted by atomic mass is 19.1. The number of hydrogen-bond acceptors (Lipinski definition) is 2. The predicted octanol–water partition coefficient (Wildman–Crippen LogP) is 4.58. The zero-order valence-corrected chi connectivity index (χ0v) is 16.0. The largest absolute Gasteiger partial charge is 0.295 e. The van der Waals surface area contributed by atoms with Gasteiger partial charge in [-0.25, -0.2) is 4.39 Å². The van der Waals surface area contributed by atoms with Gasteiger partial charge in [0.25, 0.3) is 5.91 Å². The Bertz CT molecular complexity index is 1080. The van der Waals surface area contributed by atoms with Crippen LogP contribution >= 0.6 is 0 Å². The summed E-state index contributed by atoms with van der Waals surface area (Å²) in [6, 6.07) is 13.1. The summed E-state index contributed by atoms with van der Waals surface area (Å²) in [5, 5.41) is 7.36. The highest BCUT2D eigenvalue weighted by Gasteiger charge is 2.44. The standard InChI is InChI=1S/C23H20FN3O/c1-5-14-6-12-17(13-7-14)27-20(15-8-10-16(24)11-9-15)18-19(22(27)28)25-26-21(18)23(2,3)4/h1,6-13,20H,2-4H3,(H,25,26). The molecule has 4 rings (SSSR count). The SMILES string of the molecule is C#Cc1ccc(N2C(=O)c3[nH]nc(C(C)(C)C)c3C2c2ccc(F)cc2)cc1. The topological polar surface area (TPSA) is 49.0 Å². The summed E-state index contributed by atoms with van der Waals surface area (Å²) in [6.07, 6.45) is 5.45.